The molecule has 0 spiro atoms. The van der Waals surface area contributed by atoms with Gasteiger partial charge in [0.1, 0.15) is 0 Å². The van der Waals surface area contributed by atoms with E-state index in [4.69, 9.17) is 0 Å². The van der Waals surface area contributed by atoms with E-state index >= 15 is 0 Å². The van der Waals surface area contributed by atoms with Gasteiger partial charge in [0.05, 0.1) is 10.1 Å². The van der Waals surface area contributed by atoms with Crippen LogP contribution in [0.5, 0.6) is 0 Å². The van der Waals surface area contributed by atoms with E-state index in [0.717, 1.165) is 5.75 Å². The lowest BCUT2D eigenvalue weighted by Gasteiger charge is -2.12. The standard InChI is InChI=1S/C15H16N2O2S2/c1-11(21-10-12-6-3-2-4-7-12)14(18)16-17-15(19)13-8-5-9-20-13/h2-9,11H,10H2,1H3,(H,16,18)(H,17,19)/t11-/m1/s1. The Morgan fingerprint density at radius 2 is 1.90 bits per heavy atom. The molecule has 1 heterocycles. The van der Waals surface area contributed by atoms with Crippen LogP contribution in [0.25, 0.3) is 0 Å². The van der Waals surface area contributed by atoms with Crippen LogP contribution in [0.15, 0.2) is 47.8 Å². The van der Waals surface area contributed by atoms with Gasteiger partial charge in [-0.25, -0.2) is 0 Å². The molecule has 0 aliphatic rings. The van der Waals surface area contributed by atoms with Crippen molar-refractivity contribution in [2.45, 2.75) is 17.9 Å². The molecule has 110 valence electrons. The first kappa shape index (κ1) is 15.6. The van der Waals surface area contributed by atoms with Gasteiger partial charge in [0.15, 0.2) is 0 Å². The minimum atomic E-state index is -0.293. The summed E-state index contributed by atoms with van der Waals surface area (Å²) in [5.74, 6) is 0.258. The van der Waals surface area contributed by atoms with Crippen LogP contribution in [0, 0.1) is 0 Å². The molecule has 2 rings (SSSR count). The maximum Gasteiger partial charge on any atom is 0.279 e. The molecule has 0 radical (unpaired) electrons. The molecular weight excluding hydrogens is 304 g/mol. The highest BCUT2D eigenvalue weighted by Gasteiger charge is 2.14. The van der Waals surface area contributed by atoms with Crippen molar-refractivity contribution in [2.24, 2.45) is 0 Å². The molecule has 1 atom stereocenters. The van der Waals surface area contributed by atoms with Crippen LogP contribution >= 0.6 is 23.1 Å². The Balaban J connectivity index is 1.74. The van der Waals surface area contributed by atoms with Gasteiger partial charge in [-0.1, -0.05) is 36.4 Å². The van der Waals surface area contributed by atoms with E-state index in [-0.39, 0.29) is 17.1 Å². The molecule has 2 amide bonds. The largest absolute Gasteiger partial charge is 0.279 e. The summed E-state index contributed by atoms with van der Waals surface area (Å²) in [7, 11) is 0. The zero-order valence-corrected chi connectivity index (χ0v) is 13.2. The Hall–Kier alpha value is -1.79. The lowest BCUT2D eigenvalue weighted by Crippen LogP contribution is -2.44. The first-order chi connectivity index (χ1) is 10.2. The summed E-state index contributed by atoms with van der Waals surface area (Å²) in [5.41, 5.74) is 6.05. The van der Waals surface area contributed by atoms with Crippen molar-refractivity contribution in [1.82, 2.24) is 10.9 Å². The second-order valence-electron chi connectivity index (χ2n) is 4.36. The quantitative estimate of drug-likeness (QED) is 0.833. The van der Waals surface area contributed by atoms with E-state index in [2.05, 4.69) is 10.9 Å². The third kappa shape index (κ3) is 4.91. The molecule has 6 heteroatoms. The smallest absolute Gasteiger partial charge is 0.272 e. The molecular formula is C15H16N2O2S2. The topological polar surface area (TPSA) is 58.2 Å². The van der Waals surface area contributed by atoms with E-state index in [9.17, 15) is 9.59 Å². The molecule has 0 unspecified atom stereocenters. The fourth-order valence-corrected chi connectivity index (χ4v) is 3.02. The highest BCUT2D eigenvalue weighted by Crippen LogP contribution is 2.17. The lowest BCUT2D eigenvalue weighted by atomic mass is 10.2. The molecule has 0 bridgehead atoms. The Labute approximate surface area is 131 Å². The lowest BCUT2D eigenvalue weighted by molar-refractivity contribution is -0.121. The molecule has 1 aromatic heterocycles. The van der Waals surface area contributed by atoms with Crippen molar-refractivity contribution in [3.63, 3.8) is 0 Å². The molecule has 0 saturated heterocycles. The van der Waals surface area contributed by atoms with Crippen molar-refractivity contribution >= 4 is 34.9 Å². The number of thiophene rings is 1. The first-order valence-electron chi connectivity index (χ1n) is 6.46. The Bertz CT molecular complexity index is 585. The van der Waals surface area contributed by atoms with E-state index in [0.29, 0.717) is 4.88 Å². The zero-order chi connectivity index (χ0) is 15.1. The van der Waals surface area contributed by atoms with Gasteiger partial charge >= 0.3 is 0 Å². The maximum absolute atomic E-state index is 11.9. The summed E-state index contributed by atoms with van der Waals surface area (Å²) >= 11 is 2.86. The molecule has 0 saturated carbocycles. The number of nitrogens with one attached hydrogen (secondary N) is 2. The molecule has 2 aromatic rings. The van der Waals surface area contributed by atoms with Crippen LogP contribution in [0.4, 0.5) is 0 Å². The molecule has 4 nitrogen and oxygen atoms in total. The monoisotopic (exact) mass is 320 g/mol. The van der Waals surface area contributed by atoms with Gasteiger partial charge in [-0.15, -0.1) is 23.1 Å². The fraction of sp³-hybridized carbons (Fsp3) is 0.200. The third-order valence-corrected chi connectivity index (χ3v) is 4.84. The first-order valence-corrected chi connectivity index (χ1v) is 8.39. The number of hydrogen-bond acceptors (Lipinski definition) is 4. The summed E-state index contributed by atoms with van der Waals surface area (Å²) in [4.78, 5) is 24.2. The highest BCUT2D eigenvalue weighted by atomic mass is 32.2. The zero-order valence-electron chi connectivity index (χ0n) is 11.5. The van der Waals surface area contributed by atoms with Crippen molar-refractivity contribution in [1.29, 1.82) is 0 Å². The van der Waals surface area contributed by atoms with E-state index in [1.807, 2.05) is 42.6 Å². The minimum Gasteiger partial charge on any atom is -0.272 e. The number of rotatable bonds is 5. The number of carbonyl (C=O) groups excluding carboxylic acids is 2. The minimum absolute atomic E-state index is 0.208. The normalized spacial score (nSPS) is 11.7. The van der Waals surface area contributed by atoms with Gasteiger partial charge in [0, 0.05) is 5.75 Å². The molecule has 21 heavy (non-hydrogen) atoms. The van der Waals surface area contributed by atoms with Gasteiger partial charge in [-0.3, -0.25) is 20.4 Å². The van der Waals surface area contributed by atoms with Crippen molar-refractivity contribution in [3.05, 3.63) is 58.3 Å². The number of thioether (sulfide) groups is 1. The summed E-state index contributed by atoms with van der Waals surface area (Å²) in [6.45, 7) is 1.82. The SMILES string of the molecule is C[C@@H](SCc1ccccc1)C(=O)NNC(=O)c1cccs1. The summed E-state index contributed by atoms with van der Waals surface area (Å²) < 4.78 is 0. The number of hydrazine groups is 1. The number of carbonyl (C=O) groups is 2. The Kier molecular flexibility index (Phi) is 5.83. The number of hydrogen-bond donors (Lipinski definition) is 2. The second kappa shape index (κ2) is 7.85. The summed E-state index contributed by atoms with van der Waals surface area (Å²) in [6, 6.07) is 13.5. The average molecular weight is 320 g/mol. The van der Waals surface area contributed by atoms with Gasteiger partial charge < -0.3 is 0 Å². The fourth-order valence-electron chi connectivity index (χ4n) is 1.56. The van der Waals surface area contributed by atoms with Crippen molar-refractivity contribution < 1.29 is 9.59 Å². The molecule has 0 aliphatic carbocycles. The molecule has 2 N–H and O–H groups in total. The number of amides is 2. The Morgan fingerprint density at radius 1 is 1.14 bits per heavy atom. The summed E-state index contributed by atoms with van der Waals surface area (Å²) in [6.07, 6.45) is 0. The third-order valence-electron chi connectivity index (χ3n) is 2.76. The van der Waals surface area contributed by atoms with Crippen molar-refractivity contribution in [2.75, 3.05) is 0 Å². The van der Waals surface area contributed by atoms with Crippen LogP contribution in [0.3, 0.4) is 0 Å². The van der Waals surface area contributed by atoms with Crippen LogP contribution in [0.1, 0.15) is 22.2 Å². The predicted molar refractivity (Wildman–Crippen MR) is 87.1 cm³/mol. The van der Waals surface area contributed by atoms with Crippen LogP contribution < -0.4 is 10.9 Å². The molecule has 1 aromatic carbocycles. The average Bonchev–Trinajstić information content (AvgIpc) is 3.05. The van der Waals surface area contributed by atoms with E-state index in [1.165, 1.54) is 28.7 Å². The van der Waals surface area contributed by atoms with Crippen LogP contribution in [-0.4, -0.2) is 17.1 Å². The van der Waals surface area contributed by atoms with E-state index in [1.54, 1.807) is 12.1 Å². The van der Waals surface area contributed by atoms with Crippen LogP contribution in [-0.2, 0) is 10.5 Å². The predicted octanol–water partition coefficient (Wildman–Crippen LogP) is 2.83. The molecule has 0 fully saturated rings. The van der Waals surface area contributed by atoms with Crippen molar-refractivity contribution in [3.8, 4) is 0 Å². The number of benzene rings is 1. The molecule has 0 aliphatic heterocycles. The maximum atomic E-state index is 11.9. The second-order valence-corrected chi connectivity index (χ2v) is 6.64. The van der Waals surface area contributed by atoms with Gasteiger partial charge in [-0.05, 0) is 23.9 Å². The highest BCUT2D eigenvalue weighted by molar-refractivity contribution is 7.99. The van der Waals surface area contributed by atoms with Gasteiger partial charge in [-0.2, -0.15) is 0 Å². The van der Waals surface area contributed by atoms with E-state index < -0.39 is 0 Å². The Morgan fingerprint density at radius 3 is 2.57 bits per heavy atom. The van der Waals surface area contributed by atoms with Gasteiger partial charge in [0.25, 0.3) is 11.8 Å². The van der Waals surface area contributed by atoms with Gasteiger partial charge in [0.2, 0.25) is 0 Å². The summed E-state index contributed by atoms with van der Waals surface area (Å²) in [5, 5.41) is 1.57. The van der Waals surface area contributed by atoms with Crippen LogP contribution in [0.2, 0.25) is 0 Å².